The zero-order chi connectivity index (χ0) is 25.6. The first-order valence-electron chi connectivity index (χ1n) is 11.3. The fraction of sp³-hybridized carbons (Fsp3) is 0.185. The number of rotatable bonds is 4. The molecule has 4 nitrogen and oxygen atoms in total. The van der Waals surface area contributed by atoms with Gasteiger partial charge in [-0.3, -0.25) is 4.98 Å². The molecule has 2 aromatic carbocycles. The molecule has 0 saturated carbocycles. The number of nitrogens with one attached hydrogen (secondary N) is 1. The average Bonchev–Trinajstić information content (AvgIpc) is 3.34. The number of para-hydroxylation sites is 1. The summed E-state index contributed by atoms with van der Waals surface area (Å²) in [4.78, 5) is 6.58. The van der Waals surface area contributed by atoms with Gasteiger partial charge in [-0.1, -0.05) is 34.1 Å². The second kappa shape index (κ2) is 9.37. The van der Waals surface area contributed by atoms with Gasteiger partial charge in [0.1, 0.15) is 0 Å². The van der Waals surface area contributed by atoms with Crippen LogP contribution in [0.5, 0.6) is 0 Å². The number of aryl methyl sites for hydroxylation is 1. The second-order valence-electron chi connectivity index (χ2n) is 8.65. The lowest BCUT2D eigenvalue weighted by Crippen LogP contribution is -2.29. The molecule has 1 aliphatic rings. The van der Waals surface area contributed by atoms with E-state index >= 15 is 0 Å². The van der Waals surface area contributed by atoms with Crippen LogP contribution >= 0.6 is 28.1 Å². The molecule has 2 atom stereocenters. The van der Waals surface area contributed by atoms with Crippen LogP contribution in [-0.4, -0.2) is 14.7 Å². The van der Waals surface area contributed by atoms with E-state index in [2.05, 4.69) is 26.2 Å². The molecule has 1 fully saturated rings. The minimum absolute atomic E-state index is 0.101. The van der Waals surface area contributed by atoms with E-state index in [0.29, 0.717) is 16.5 Å². The summed E-state index contributed by atoms with van der Waals surface area (Å²) in [6.07, 6.45) is -2.75. The van der Waals surface area contributed by atoms with Gasteiger partial charge in [0.15, 0.2) is 5.11 Å². The summed E-state index contributed by atoms with van der Waals surface area (Å²) in [5.41, 5.74) is 3.38. The van der Waals surface area contributed by atoms with Crippen molar-refractivity contribution in [2.24, 2.45) is 0 Å². The number of pyridine rings is 1. The van der Waals surface area contributed by atoms with Crippen LogP contribution in [0.25, 0.3) is 5.69 Å². The summed E-state index contributed by atoms with van der Waals surface area (Å²) in [5.74, 6) is 0. The highest BCUT2D eigenvalue weighted by atomic mass is 79.9. The summed E-state index contributed by atoms with van der Waals surface area (Å²) in [7, 11) is 0. The first-order chi connectivity index (χ1) is 17.2. The SMILES string of the molecule is Cc1cc([C@H]2[C@H](c3ccccn3)NC(=S)N2c2ccc(Br)cc2)c(C)n1-c1ccccc1C(F)(F)F. The molecule has 4 aromatic rings. The van der Waals surface area contributed by atoms with E-state index in [1.165, 1.54) is 12.1 Å². The molecule has 0 aliphatic carbocycles. The zero-order valence-corrected chi connectivity index (χ0v) is 21.8. The molecule has 0 spiro atoms. The van der Waals surface area contributed by atoms with Crippen LogP contribution in [0.4, 0.5) is 18.9 Å². The third kappa shape index (κ3) is 4.30. The van der Waals surface area contributed by atoms with Crippen LogP contribution in [0.2, 0.25) is 0 Å². The fourth-order valence-electron chi connectivity index (χ4n) is 4.92. The predicted octanol–water partition coefficient (Wildman–Crippen LogP) is 7.45. The van der Waals surface area contributed by atoms with Crippen molar-refractivity contribution in [3.63, 3.8) is 0 Å². The van der Waals surface area contributed by atoms with Gasteiger partial charge in [0, 0.05) is 27.7 Å². The average molecular weight is 571 g/mol. The monoisotopic (exact) mass is 570 g/mol. The molecule has 184 valence electrons. The summed E-state index contributed by atoms with van der Waals surface area (Å²) in [5, 5.41) is 3.93. The molecule has 0 unspecified atom stereocenters. The Morgan fingerprint density at radius 1 is 0.972 bits per heavy atom. The Morgan fingerprint density at radius 3 is 2.33 bits per heavy atom. The van der Waals surface area contributed by atoms with E-state index in [4.69, 9.17) is 12.2 Å². The van der Waals surface area contributed by atoms with Crippen LogP contribution in [-0.2, 0) is 6.18 Å². The summed E-state index contributed by atoms with van der Waals surface area (Å²) in [6, 6.07) is 20.5. The van der Waals surface area contributed by atoms with Crippen molar-refractivity contribution < 1.29 is 13.2 Å². The van der Waals surface area contributed by atoms with Gasteiger partial charge in [0.05, 0.1) is 29.0 Å². The van der Waals surface area contributed by atoms with Gasteiger partial charge >= 0.3 is 6.18 Å². The number of thiocarbonyl (C=S) groups is 1. The Hall–Kier alpha value is -3.17. The lowest BCUT2D eigenvalue weighted by atomic mass is 9.96. The van der Waals surface area contributed by atoms with Crippen LogP contribution in [0, 0.1) is 13.8 Å². The lowest BCUT2D eigenvalue weighted by molar-refractivity contribution is -0.137. The Kier molecular flexibility index (Phi) is 6.38. The first kappa shape index (κ1) is 24.5. The lowest BCUT2D eigenvalue weighted by Gasteiger charge is -2.28. The largest absolute Gasteiger partial charge is 0.418 e. The van der Waals surface area contributed by atoms with Crippen LogP contribution < -0.4 is 10.2 Å². The number of alkyl halides is 3. The van der Waals surface area contributed by atoms with Gasteiger partial charge in [0.2, 0.25) is 0 Å². The molecule has 1 N–H and O–H groups in total. The Balaban J connectivity index is 1.70. The third-order valence-corrected chi connectivity index (χ3v) is 7.29. The van der Waals surface area contributed by atoms with Crippen molar-refractivity contribution >= 4 is 38.9 Å². The highest BCUT2D eigenvalue weighted by Crippen LogP contribution is 2.44. The molecule has 3 heterocycles. The molecular weight excluding hydrogens is 549 g/mol. The van der Waals surface area contributed by atoms with E-state index in [-0.39, 0.29) is 17.8 Å². The van der Waals surface area contributed by atoms with Crippen molar-refractivity contribution in [3.8, 4) is 5.69 Å². The minimum Gasteiger partial charge on any atom is -0.351 e. The Morgan fingerprint density at radius 2 is 1.67 bits per heavy atom. The molecule has 9 heteroatoms. The maximum Gasteiger partial charge on any atom is 0.418 e. The molecule has 2 aromatic heterocycles. The third-order valence-electron chi connectivity index (χ3n) is 6.44. The van der Waals surface area contributed by atoms with Gasteiger partial charge in [-0.05, 0) is 86.2 Å². The van der Waals surface area contributed by atoms with E-state index in [9.17, 15) is 13.2 Å². The molecule has 36 heavy (non-hydrogen) atoms. The van der Waals surface area contributed by atoms with Gasteiger partial charge < -0.3 is 14.8 Å². The van der Waals surface area contributed by atoms with Crippen LogP contribution in [0.15, 0.2) is 83.5 Å². The summed E-state index contributed by atoms with van der Waals surface area (Å²) in [6.45, 7) is 3.68. The van der Waals surface area contributed by atoms with E-state index in [1.54, 1.807) is 16.8 Å². The number of benzene rings is 2. The van der Waals surface area contributed by atoms with Crippen LogP contribution in [0.3, 0.4) is 0 Å². The second-order valence-corrected chi connectivity index (χ2v) is 9.95. The first-order valence-corrected chi connectivity index (χ1v) is 12.5. The maximum atomic E-state index is 13.9. The minimum atomic E-state index is -4.48. The molecule has 0 radical (unpaired) electrons. The van der Waals surface area contributed by atoms with Crippen molar-refractivity contribution in [3.05, 3.63) is 112 Å². The Labute approximate surface area is 220 Å². The van der Waals surface area contributed by atoms with Gasteiger partial charge in [-0.15, -0.1) is 0 Å². The highest BCUT2D eigenvalue weighted by Gasteiger charge is 2.43. The smallest absolute Gasteiger partial charge is 0.351 e. The van der Waals surface area contributed by atoms with Gasteiger partial charge in [0.25, 0.3) is 0 Å². The number of nitrogens with zero attached hydrogens (tertiary/aromatic N) is 3. The predicted molar refractivity (Wildman–Crippen MR) is 142 cm³/mol. The number of hydrogen-bond acceptors (Lipinski definition) is 2. The topological polar surface area (TPSA) is 33.1 Å². The maximum absolute atomic E-state index is 13.9. The fourth-order valence-corrected chi connectivity index (χ4v) is 5.53. The van der Waals surface area contributed by atoms with Crippen LogP contribution in [0.1, 0.15) is 40.3 Å². The number of aromatic nitrogens is 2. The molecule has 0 amide bonds. The number of hydrogen-bond donors (Lipinski definition) is 1. The molecular formula is C27H22BrF3N4S. The van der Waals surface area contributed by atoms with Crippen molar-refractivity contribution in [1.82, 2.24) is 14.9 Å². The molecule has 1 aliphatic heterocycles. The number of halogens is 4. The standard InChI is InChI=1S/C27H22BrF3N4S/c1-16-15-20(17(2)34(16)23-9-4-3-7-21(23)27(29,30)31)25-24(22-8-5-6-14-32-22)33-26(36)35(25)19-12-10-18(28)11-13-19/h3-15,24-25H,1-2H3,(H,33,36)/t24-,25-/m0/s1. The summed E-state index contributed by atoms with van der Waals surface area (Å²) < 4.78 is 44.3. The zero-order valence-electron chi connectivity index (χ0n) is 19.4. The van der Waals surface area contributed by atoms with Crippen molar-refractivity contribution in [2.75, 3.05) is 4.90 Å². The van der Waals surface area contributed by atoms with Gasteiger partial charge in [-0.25, -0.2) is 0 Å². The Bertz CT molecular complexity index is 1420. The van der Waals surface area contributed by atoms with E-state index in [1.807, 2.05) is 67.3 Å². The highest BCUT2D eigenvalue weighted by molar-refractivity contribution is 9.10. The van der Waals surface area contributed by atoms with E-state index in [0.717, 1.165) is 27.5 Å². The van der Waals surface area contributed by atoms with Crippen molar-refractivity contribution in [2.45, 2.75) is 32.1 Å². The molecule has 1 saturated heterocycles. The van der Waals surface area contributed by atoms with Crippen molar-refractivity contribution in [1.29, 1.82) is 0 Å². The molecule has 5 rings (SSSR count). The summed E-state index contributed by atoms with van der Waals surface area (Å²) >= 11 is 9.25. The van der Waals surface area contributed by atoms with E-state index < -0.39 is 11.7 Å². The van der Waals surface area contributed by atoms with Gasteiger partial charge in [-0.2, -0.15) is 13.2 Å². The molecule has 0 bridgehead atoms. The number of anilines is 1. The normalized spacial score (nSPS) is 17.9. The quantitative estimate of drug-likeness (QED) is 0.258.